The number of amides is 1. The number of benzene rings is 2. The lowest BCUT2D eigenvalue weighted by molar-refractivity contribution is -0.137. The van der Waals surface area contributed by atoms with E-state index >= 15 is 0 Å². The van der Waals surface area contributed by atoms with Gasteiger partial charge in [-0.3, -0.25) is 9.69 Å². The van der Waals surface area contributed by atoms with Crippen LogP contribution in [0, 0.1) is 6.92 Å². The number of piperazine rings is 1. The van der Waals surface area contributed by atoms with E-state index in [1.165, 1.54) is 4.31 Å². The predicted octanol–water partition coefficient (Wildman–Crippen LogP) is 3.35. The summed E-state index contributed by atoms with van der Waals surface area (Å²) in [6, 6.07) is 10.4. The standard InChI is InChI=1S/C21H24F3N3O3S/c1-15-5-3-4-6-19(15)25-20(28)16(2)26-11-13-27(14-12-26)31(29,30)18-9-7-17(8-10-18)21(22,23)24/h3-10,16H,11-14H2,1-2H3,(H,25,28). The number of hydrogen-bond acceptors (Lipinski definition) is 4. The van der Waals surface area contributed by atoms with Crippen LogP contribution in [0.15, 0.2) is 53.4 Å². The number of aryl methyl sites for hydroxylation is 1. The Morgan fingerprint density at radius 2 is 1.58 bits per heavy atom. The highest BCUT2D eigenvalue weighted by molar-refractivity contribution is 7.89. The molecule has 168 valence electrons. The van der Waals surface area contributed by atoms with Crippen LogP contribution in [0.1, 0.15) is 18.1 Å². The Kier molecular flexibility index (Phi) is 6.73. The third-order valence-corrected chi connectivity index (χ3v) is 7.34. The maximum atomic E-state index is 12.8. The van der Waals surface area contributed by atoms with Gasteiger partial charge in [0.1, 0.15) is 0 Å². The molecule has 3 rings (SSSR count). The number of carbonyl (C=O) groups is 1. The lowest BCUT2D eigenvalue weighted by Gasteiger charge is -2.36. The van der Waals surface area contributed by atoms with E-state index in [0.29, 0.717) is 13.1 Å². The highest BCUT2D eigenvalue weighted by Gasteiger charge is 2.34. The van der Waals surface area contributed by atoms with Gasteiger partial charge in [0, 0.05) is 31.9 Å². The van der Waals surface area contributed by atoms with E-state index in [4.69, 9.17) is 0 Å². The van der Waals surface area contributed by atoms with Gasteiger partial charge in [0.2, 0.25) is 15.9 Å². The minimum Gasteiger partial charge on any atom is -0.324 e. The number of halogens is 3. The van der Waals surface area contributed by atoms with Crippen LogP contribution in [0.5, 0.6) is 0 Å². The summed E-state index contributed by atoms with van der Waals surface area (Å²) in [6.45, 7) is 4.61. The third-order valence-electron chi connectivity index (χ3n) is 5.42. The maximum absolute atomic E-state index is 12.8. The molecule has 0 spiro atoms. The summed E-state index contributed by atoms with van der Waals surface area (Å²) >= 11 is 0. The number of nitrogens with one attached hydrogen (secondary N) is 1. The molecule has 1 saturated heterocycles. The molecule has 1 aliphatic heterocycles. The average Bonchev–Trinajstić information content (AvgIpc) is 2.74. The van der Waals surface area contributed by atoms with Gasteiger partial charge in [0.05, 0.1) is 16.5 Å². The number of hydrogen-bond donors (Lipinski definition) is 1. The van der Waals surface area contributed by atoms with Crippen molar-refractivity contribution in [3.63, 3.8) is 0 Å². The van der Waals surface area contributed by atoms with Crippen LogP contribution >= 0.6 is 0 Å². The number of carbonyl (C=O) groups excluding carboxylic acids is 1. The van der Waals surface area contributed by atoms with E-state index in [9.17, 15) is 26.4 Å². The summed E-state index contributed by atoms with van der Waals surface area (Å²) in [5, 5.41) is 2.89. The molecule has 31 heavy (non-hydrogen) atoms. The monoisotopic (exact) mass is 455 g/mol. The fraction of sp³-hybridized carbons (Fsp3) is 0.381. The Morgan fingerprint density at radius 1 is 1.00 bits per heavy atom. The molecular weight excluding hydrogens is 431 g/mol. The van der Waals surface area contributed by atoms with Gasteiger partial charge in [-0.05, 0) is 49.7 Å². The van der Waals surface area contributed by atoms with Crippen molar-refractivity contribution < 1.29 is 26.4 Å². The molecule has 1 fully saturated rings. The van der Waals surface area contributed by atoms with Crippen LogP contribution in [0.4, 0.5) is 18.9 Å². The van der Waals surface area contributed by atoms with Gasteiger partial charge in [0.25, 0.3) is 0 Å². The minimum absolute atomic E-state index is 0.144. The number of alkyl halides is 3. The molecule has 1 unspecified atom stereocenters. The first kappa shape index (κ1) is 23.2. The van der Waals surface area contributed by atoms with Crippen LogP contribution in [0.3, 0.4) is 0 Å². The summed E-state index contributed by atoms with van der Waals surface area (Å²) < 4.78 is 65.0. The normalized spacial score (nSPS) is 17.3. The molecule has 2 aromatic carbocycles. The smallest absolute Gasteiger partial charge is 0.324 e. The van der Waals surface area contributed by atoms with Crippen molar-refractivity contribution >= 4 is 21.6 Å². The van der Waals surface area contributed by atoms with E-state index in [0.717, 1.165) is 35.5 Å². The Labute approximate surface area is 179 Å². The van der Waals surface area contributed by atoms with Crippen molar-refractivity contribution in [3.05, 3.63) is 59.7 Å². The van der Waals surface area contributed by atoms with E-state index in [1.54, 1.807) is 6.92 Å². The number of para-hydroxylation sites is 1. The summed E-state index contributed by atoms with van der Waals surface area (Å²) in [5.41, 5.74) is 0.767. The highest BCUT2D eigenvalue weighted by atomic mass is 32.2. The predicted molar refractivity (Wildman–Crippen MR) is 111 cm³/mol. The molecule has 2 aromatic rings. The first-order chi connectivity index (χ1) is 14.5. The lowest BCUT2D eigenvalue weighted by atomic mass is 10.2. The van der Waals surface area contributed by atoms with Gasteiger partial charge >= 0.3 is 6.18 Å². The van der Waals surface area contributed by atoms with Gasteiger partial charge in [-0.25, -0.2) is 8.42 Å². The Balaban J connectivity index is 1.61. The van der Waals surface area contributed by atoms with Crippen molar-refractivity contribution in [3.8, 4) is 0 Å². The first-order valence-corrected chi connectivity index (χ1v) is 11.2. The summed E-state index contributed by atoms with van der Waals surface area (Å²) in [4.78, 5) is 14.3. The lowest BCUT2D eigenvalue weighted by Crippen LogP contribution is -2.53. The Morgan fingerprint density at radius 3 is 2.13 bits per heavy atom. The third kappa shape index (κ3) is 5.25. The Hall–Kier alpha value is -2.43. The van der Waals surface area contributed by atoms with Crippen molar-refractivity contribution in [1.82, 2.24) is 9.21 Å². The fourth-order valence-electron chi connectivity index (χ4n) is 3.41. The van der Waals surface area contributed by atoms with Gasteiger partial charge in [-0.15, -0.1) is 0 Å². The van der Waals surface area contributed by atoms with Crippen LogP contribution < -0.4 is 5.32 Å². The average molecular weight is 456 g/mol. The molecule has 6 nitrogen and oxygen atoms in total. The SMILES string of the molecule is Cc1ccccc1NC(=O)C(C)N1CCN(S(=O)(=O)c2ccc(C(F)(F)F)cc2)CC1. The zero-order valence-corrected chi connectivity index (χ0v) is 18.0. The molecule has 1 N–H and O–H groups in total. The van der Waals surface area contributed by atoms with Gasteiger partial charge in [0.15, 0.2) is 0 Å². The van der Waals surface area contributed by atoms with Crippen molar-refractivity contribution in [1.29, 1.82) is 0 Å². The molecule has 0 aliphatic carbocycles. The molecule has 0 radical (unpaired) electrons. The molecule has 10 heteroatoms. The topological polar surface area (TPSA) is 69.7 Å². The van der Waals surface area contributed by atoms with Crippen LogP contribution in [-0.2, 0) is 21.0 Å². The Bertz CT molecular complexity index is 1030. The summed E-state index contributed by atoms with van der Waals surface area (Å²) in [5.74, 6) is -0.187. The number of anilines is 1. The van der Waals surface area contributed by atoms with Gasteiger partial charge in [-0.2, -0.15) is 17.5 Å². The zero-order chi connectivity index (χ0) is 22.8. The quantitative estimate of drug-likeness (QED) is 0.751. The van der Waals surface area contributed by atoms with Crippen LogP contribution in [0.25, 0.3) is 0 Å². The highest BCUT2D eigenvalue weighted by Crippen LogP contribution is 2.30. The summed E-state index contributed by atoms with van der Waals surface area (Å²) in [6.07, 6.45) is -4.52. The van der Waals surface area contributed by atoms with Crippen molar-refractivity contribution in [2.45, 2.75) is 31.0 Å². The minimum atomic E-state index is -4.52. The maximum Gasteiger partial charge on any atom is 0.416 e. The number of rotatable bonds is 5. The molecule has 1 amide bonds. The van der Waals surface area contributed by atoms with Crippen LogP contribution in [-0.4, -0.2) is 55.8 Å². The molecule has 1 heterocycles. The van der Waals surface area contributed by atoms with Gasteiger partial charge < -0.3 is 5.32 Å². The van der Waals surface area contributed by atoms with Crippen molar-refractivity contribution in [2.24, 2.45) is 0 Å². The first-order valence-electron chi connectivity index (χ1n) is 9.78. The molecule has 0 bridgehead atoms. The van der Waals surface area contributed by atoms with Crippen LogP contribution in [0.2, 0.25) is 0 Å². The molecule has 1 aliphatic rings. The fourth-order valence-corrected chi connectivity index (χ4v) is 4.83. The molecule has 0 aromatic heterocycles. The summed E-state index contributed by atoms with van der Waals surface area (Å²) in [7, 11) is -3.91. The van der Waals surface area contributed by atoms with E-state index in [1.807, 2.05) is 36.1 Å². The van der Waals surface area contributed by atoms with E-state index in [2.05, 4.69) is 5.32 Å². The molecule has 1 atom stereocenters. The largest absolute Gasteiger partial charge is 0.416 e. The number of sulfonamides is 1. The van der Waals surface area contributed by atoms with E-state index < -0.39 is 27.8 Å². The second-order valence-corrected chi connectivity index (χ2v) is 9.38. The molecule has 0 saturated carbocycles. The van der Waals surface area contributed by atoms with E-state index in [-0.39, 0.29) is 23.9 Å². The zero-order valence-electron chi connectivity index (χ0n) is 17.2. The van der Waals surface area contributed by atoms with Gasteiger partial charge in [-0.1, -0.05) is 18.2 Å². The second kappa shape index (κ2) is 8.97. The number of nitrogens with zero attached hydrogens (tertiary/aromatic N) is 2. The van der Waals surface area contributed by atoms with Crippen molar-refractivity contribution in [2.75, 3.05) is 31.5 Å². The second-order valence-electron chi connectivity index (χ2n) is 7.44. The molecular formula is C21H24F3N3O3S.